The van der Waals surface area contributed by atoms with Gasteiger partial charge in [-0.1, -0.05) is 22.7 Å². The third-order valence-corrected chi connectivity index (χ3v) is 5.60. The van der Waals surface area contributed by atoms with E-state index in [2.05, 4.69) is 38.9 Å². The Balaban J connectivity index is 1.44. The first-order valence-corrected chi connectivity index (χ1v) is 10.1. The van der Waals surface area contributed by atoms with Crippen LogP contribution in [0.25, 0.3) is 22.6 Å². The fourth-order valence-corrected chi connectivity index (χ4v) is 3.72. The van der Waals surface area contributed by atoms with Crippen molar-refractivity contribution >= 4 is 23.1 Å². The molecule has 1 N–H and O–H groups in total. The van der Waals surface area contributed by atoms with Crippen molar-refractivity contribution in [3.05, 3.63) is 71.1 Å². The summed E-state index contributed by atoms with van der Waals surface area (Å²) >= 11 is 1.35. The summed E-state index contributed by atoms with van der Waals surface area (Å²) in [6.45, 7) is 3.98. The minimum atomic E-state index is -0.0207. The topological polar surface area (TPSA) is 80.9 Å². The number of carbonyl (C=O) groups excluding carboxylic acids is 1. The molecule has 0 aliphatic rings. The molecule has 0 radical (unpaired) electrons. The molecule has 0 spiro atoms. The van der Waals surface area contributed by atoms with E-state index in [-0.39, 0.29) is 5.91 Å². The van der Waals surface area contributed by atoms with E-state index in [1.54, 1.807) is 12.5 Å². The highest BCUT2D eigenvalue weighted by Gasteiger charge is 2.10. The molecule has 0 atom stereocenters. The van der Waals surface area contributed by atoms with E-state index in [1.807, 2.05) is 37.3 Å². The predicted octanol–water partition coefficient (Wildman–Crippen LogP) is 5.05. The molecule has 0 unspecified atom stereocenters. The first-order valence-electron chi connectivity index (χ1n) is 9.29. The first kappa shape index (κ1) is 19.0. The Labute approximate surface area is 172 Å². The lowest BCUT2D eigenvalue weighted by atomic mass is 9.98. The summed E-state index contributed by atoms with van der Waals surface area (Å²) in [5.41, 5.74) is 5.94. The van der Waals surface area contributed by atoms with Crippen LogP contribution in [0.1, 0.15) is 22.6 Å². The maximum absolute atomic E-state index is 12.2. The highest BCUT2D eigenvalue weighted by molar-refractivity contribution is 7.05. The number of nitrogens with one attached hydrogen (secondary N) is 1. The Morgan fingerprint density at radius 2 is 1.90 bits per heavy atom. The summed E-state index contributed by atoms with van der Waals surface area (Å²) in [6, 6.07) is 14.0. The number of benzene rings is 2. The molecule has 6 nitrogen and oxygen atoms in total. The summed E-state index contributed by atoms with van der Waals surface area (Å²) in [6.07, 6.45) is 4.27. The van der Waals surface area contributed by atoms with Crippen LogP contribution < -0.4 is 5.32 Å². The number of rotatable bonds is 6. The highest BCUT2D eigenvalue weighted by Crippen LogP contribution is 2.29. The molecule has 2 aromatic heterocycles. The van der Waals surface area contributed by atoms with Gasteiger partial charge in [0.2, 0.25) is 11.8 Å². The number of nitrogens with zero attached hydrogens (tertiary/aromatic N) is 3. The molecule has 2 aromatic carbocycles. The van der Waals surface area contributed by atoms with Gasteiger partial charge in [-0.15, -0.1) is 5.10 Å². The zero-order chi connectivity index (χ0) is 20.2. The van der Waals surface area contributed by atoms with E-state index in [0.29, 0.717) is 18.7 Å². The Bertz CT molecular complexity index is 1120. The Hall–Kier alpha value is -3.32. The van der Waals surface area contributed by atoms with Crippen molar-refractivity contribution in [3.8, 4) is 22.6 Å². The van der Waals surface area contributed by atoms with Crippen molar-refractivity contribution in [2.75, 3.05) is 5.32 Å². The lowest BCUT2D eigenvalue weighted by molar-refractivity contribution is -0.116. The largest absolute Gasteiger partial charge is 0.445 e. The van der Waals surface area contributed by atoms with Crippen LogP contribution in [0.2, 0.25) is 0 Å². The number of carbonyl (C=O) groups is 1. The lowest BCUT2D eigenvalue weighted by Crippen LogP contribution is -2.12. The average molecular weight is 404 g/mol. The molecule has 0 fully saturated rings. The summed E-state index contributed by atoms with van der Waals surface area (Å²) in [5.74, 6) is 0.578. The molecule has 4 rings (SSSR count). The maximum Gasteiger partial charge on any atom is 0.225 e. The number of aryl methyl sites for hydroxylation is 3. The zero-order valence-corrected chi connectivity index (χ0v) is 17.0. The SMILES string of the molecule is Cc1ccc(-c2ncco2)cc1-c1ccc(NC(=O)CCc2snnc2C)cc1. The first-order chi connectivity index (χ1) is 14.1. The Morgan fingerprint density at radius 3 is 2.59 bits per heavy atom. The van der Waals surface area contributed by atoms with Gasteiger partial charge in [0.15, 0.2) is 0 Å². The van der Waals surface area contributed by atoms with Crippen molar-refractivity contribution in [2.24, 2.45) is 0 Å². The monoisotopic (exact) mass is 404 g/mol. The van der Waals surface area contributed by atoms with Crippen molar-refractivity contribution in [2.45, 2.75) is 26.7 Å². The molecular weight excluding hydrogens is 384 g/mol. The molecule has 7 heteroatoms. The second-order valence-corrected chi connectivity index (χ2v) is 7.61. The average Bonchev–Trinajstić information content (AvgIpc) is 3.39. The number of anilines is 1. The number of hydrogen-bond acceptors (Lipinski definition) is 6. The van der Waals surface area contributed by atoms with E-state index < -0.39 is 0 Å². The molecule has 0 aliphatic heterocycles. The van der Waals surface area contributed by atoms with Crippen LogP contribution in [0.5, 0.6) is 0 Å². The molecule has 0 aliphatic carbocycles. The molecule has 0 saturated heterocycles. The summed E-state index contributed by atoms with van der Waals surface area (Å²) in [4.78, 5) is 17.5. The van der Waals surface area contributed by atoms with Gasteiger partial charge in [0.05, 0.1) is 11.9 Å². The Kier molecular flexibility index (Phi) is 5.48. The lowest BCUT2D eigenvalue weighted by Gasteiger charge is -2.10. The second-order valence-electron chi connectivity index (χ2n) is 6.77. The van der Waals surface area contributed by atoms with Crippen molar-refractivity contribution in [3.63, 3.8) is 0 Å². The van der Waals surface area contributed by atoms with Gasteiger partial charge in [-0.05, 0) is 72.8 Å². The zero-order valence-electron chi connectivity index (χ0n) is 16.2. The van der Waals surface area contributed by atoms with Gasteiger partial charge in [0.25, 0.3) is 0 Å². The third-order valence-electron chi connectivity index (χ3n) is 4.72. The van der Waals surface area contributed by atoms with Crippen LogP contribution in [0.15, 0.2) is 59.3 Å². The van der Waals surface area contributed by atoms with Crippen LogP contribution in [0.4, 0.5) is 5.69 Å². The fourth-order valence-electron chi connectivity index (χ4n) is 3.10. The molecule has 1 amide bonds. The van der Waals surface area contributed by atoms with Crippen molar-refractivity contribution in [1.29, 1.82) is 0 Å². The third kappa shape index (κ3) is 4.41. The van der Waals surface area contributed by atoms with Crippen LogP contribution in [-0.2, 0) is 11.2 Å². The fraction of sp³-hybridized carbons (Fsp3) is 0.182. The molecule has 4 aromatic rings. The smallest absolute Gasteiger partial charge is 0.225 e. The Morgan fingerprint density at radius 1 is 1.10 bits per heavy atom. The standard InChI is InChI=1S/C22H20N4O2S/c1-14-3-4-17(22-23-11-12-28-22)13-19(14)16-5-7-18(8-6-16)24-21(27)10-9-20-15(2)25-26-29-20/h3-8,11-13H,9-10H2,1-2H3,(H,24,27). The normalized spacial score (nSPS) is 10.8. The number of oxazole rings is 1. The minimum absolute atomic E-state index is 0.0207. The summed E-state index contributed by atoms with van der Waals surface area (Å²) in [5, 5.41) is 6.92. The van der Waals surface area contributed by atoms with Gasteiger partial charge in [0, 0.05) is 22.5 Å². The second kappa shape index (κ2) is 8.36. The predicted molar refractivity (Wildman–Crippen MR) is 114 cm³/mol. The molecular formula is C22H20N4O2S. The molecule has 0 saturated carbocycles. The molecule has 146 valence electrons. The van der Waals surface area contributed by atoms with Gasteiger partial charge >= 0.3 is 0 Å². The minimum Gasteiger partial charge on any atom is -0.445 e. The number of hydrogen-bond donors (Lipinski definition) is 1. The van der Waals surface area contributed by atoms with Crippen LogP contribution in [0.3, 0.4) is 0 Å². The van der Waals surface area contributed by atoms with Gasteiger partial charge in [-0.3, -0.25) is 4.79 Å². The van der Waals surface area contributed by atoms with E-state index >= 15 is 0 Å². The van der Waals surface area contributed by atoms with Crippen LogP contribution in [-0.4, -0.2) is 20.5 Å². The number of aromatic nitrogens is 3. The van der Waals surface area contributed by atoms with E-state index in [1.165, 1.54) is 11.5 Å². The van der Waals surface area contributed by atoms with Gasteiger partial charge in [-0.2, -0.15) is 0 Å². The highest BCUT2D eigenvalue weighted by atomic mass is 32.1. The number of amides is 1. The van der Waals surface area contributed by atoms with Crippen molar-refractivity contribution in [1.82, 2.24) is 14.6 Å². The van der Waals surface area contributed by atoms with Crippen molar-refractivity contribution < 1.29 is 9.21 Å². The summed E-state index contributed by atoms with van der Waals surface area (Å²) in [7, 11) is 0. The summed E-state index contributed by atoms with van der Waals surface area (Å²) < 4.78 is 9.31. The molecule has 29 heavy (non-hydrogen) atoms. The van der Waals surface area contributed by atoms with Crippen LogP contribution >= 0.6 is 11.5 Å². The molecule has 0 bridgehead atoms. The van der Waals surface area contributed by atoms with E-state index in [0.717, 1.165) is 38.5 Å². The van der Waals surface area contributed by atoms with E-state index in [4.69, 9.17) is 4.42 Å². The van der Waals surface area contributed by atoms with Gasteiger partial charge < -0.3 is 9.73 Å². The van der Waals surface area contributed by atoms with E-state index in [9.17, 15) is 4.79 Å². The van der Waals surface area contributed by atoms with Gasteiger partial charge in [-0.25, -0.2) is 4.98 Å². The van der Waals surface area contributed by atoms with Gasteiger partial charge in [0.1, 0.15) is 6.26 Å². The quantitative estimate of drug-likeness (QED) is 0.486. The molecule has 2 heterocycles. The van der Waals surface area contributed by atoms with Crippen LogP contribution in [0, 0.1) is 13.8 Å². The maximum atomic E-state index is 12.2.